The minimum atomic E-state index is -4.09. The third-order valence-corrected chi connectivity index (χ3v) is 9.54. The van der Waals surface area contributed by atoms with E-state index >= 15 is 0 Å². The summed E-state index contributed by atoms with van der Waals surface area (Å²) in [6.07, 6.45) is 1.52. The summed E-state index contributed by atoms with van der Waals surface area (Å²) in [6.45, 7) is 0.442. The van der Waals surface area contributed by atoms with Crippen molar-refractivity contribution in [3.63, 3.8) is 0 Å². The molecule has 8 nitrogen and oxygen atoms in total. The second-order valence-corrected chi connectivity index (χ2v) is 12.7. The van der Waals surface area contributed by atoms with E-state index in [4.69, 9.17) is 9.47 Å². The Bertz CT molecular complexity index is 2150. The van der Waals surface area contributed by atoms with Gasteiger partial charge in [-0.15, -0.1) is 0 Å². The van der Waals surface area contributed by atoms with Gasteiger partial charge in [-0.25, -0.2) is 13.8 Å². The molecule has 0 heterocycles. The van der Waals surface area contributed by atoms with Crippen molar-refractivity contribution in [1.29, 1.82) is 0 Å². The first-order valence-electron chi connectivity index (χ1n) is 15.2. The molecule has 0 radical (unpaired) electrons. The van der Waals surface area contributed by atoms with Gasteiger partial charge in [0.15, 0.2) is 0 Å². The molecule has 240 valence electrons. The van der Waals surface area contributed by atoms with E-state index in [2.05, 4.69) is 34.8 Å². The van der Waals surface area contributed by atoms with Gasteiger partial charge in [-0.3, -0.25) is 9.10 Å². The van der Waals surface area contributed by atoms with Crippen molar-refractivity contribution >= 4 is 38.6 Å². The first-order valence-corrected chi connectivity index (χ1v) is 16.7. The van der Waals surface area contributed by atoms with Gasteiger partial charge in [-0.2, -0.15) is 5.10 Å². The molecule has 0 unspecified atom stereocenters. The highest BCUT2D eigenvalue weighted by Crippen LogP contribution is 2.30. The van der Waals surface area contributed by atoms with Gasteiger partial charge in [-0.1, -0.05) is 84.9 Å². The van der Waals surface area contributed by atoms with Crippen molar-refractivity contribution in [2.45, 2.75) is 18.0 Å². The summed E-state index contributed by atoms with van der Waals surface area (Å²) in [7, 11) is -2.57. The number of hydrogen-bond acceptors (Lipinski definition) is 6. The molecule has 6 rings (SSSR count). The predicted octanol–water partition coefficient (Wildman–Crippen LogP) is 7.59. The number of rotatable bonds is 12. The van der Waals surface area contributed by atoms with E-state index in [-0.39, 0.29) is 22.7 Å². The molecule has 0 saturated heterocycles. The van der Waals surface area contributed by atoms with Crippen LogP contribution in [0.2, 0.25) is 0 Å². The molecule has 0 bridgehead atoms. The summed E-state index contributed by atoms with van der Waals surface area (Å²) in [6, 6.07) is 43.6. The van der Waals surface area contributed by atoms with Crippen molar-refractivity contribution < 1.29 is 22.7 Å². The van der Waals surface area contributed by atoms with Gasteiger partial charge in [0.1, 0.15) is 18.1 Å². The number of carbonyl (C=O) groups is 1. The molecule has 0 fully saturated rings. The van der Waals surface area contributed by atoms with E-state index in [1.807, 2.05) is 72.8 Å². The molecule has 1 amide bonds. The lowest BCUT2D eigenvalue weighted by Crippen LogP contribution is -2.33. The summed E-state index contributed by atoms with van der Waals surface area (Å²) in [5, 5.41) is 6.47. The number of hydrogen-bond donors (Lipinski definition) is 1. The van der Waals surface area contributed by atoms with Crippen LogP contribution < -0.4 is 19.2 Å². The van der Waals surface area contributed by atoms with Crippen LogP contribution in [-0.4, -0.2) is 27.6 Å². The Labute approximate surface area is 279 Å². The molecule has 9 heteroatoms. The average Bonchev–Trinajstić information content (AvgIpc) is 3.14. The van der Waals surface area contributed by atoms with Crippen LogP contribution in [0, 0.1) is 0 Å². The zero-order chi connectivity index (χ0) is 33.3. The monoisotopic (exact) mass is 655 g/mol. The summed E-state index contributed by atoms with van der Waals surface area (Å²) in [4.78, 5) is 13.5. The number of amides is 1. The lowest BCUT2D eigenvalue weighted by Gasteiger charge is -2.26. The van der Waals surface area contributed by atoms with E-state index in [0.717, 1.165) is 27.5 Å². The zero-order valence-corrected chi connectivity index (χ0v) is 27.0. The number of carbonyl (C=O) groups excluding carboxylic acids is 1. The fraction of sp³-hybridized carbons (Fsp3) is 0.0769. The number of sulfonamides is 1. The first kappa shape index (κ1) is 32.0. The Hall–Kier alpha value is -5.93. The van der Waals surface area contributed by atoms with Gasteiger partial charge in [0.25, 0.3) is 15.9 Å². The molecule has 0 atom stereocenters. The van der Waals surface area contributed by atoms with Crippen molar-refractivity contribution in [1.82, 2.24) is 5.43 Å². The number of benzene rings is 6. The molecule has 0 spiro atoms. The number of nitrogens with one attached hydrogen (secondary N) is 1. The number of fused-ring (bicyclic) bond motifs is 1. The topological polar surface area (TPSA) is 97.3 Å². The largest absolute Gasteiger partial charge is 0.497 e. The van der Waals surface area contributed by atoms with Gasteiger partial charge in [0.2, 0.25) is 0 Å². The number of nitrogens with zero attached hydrogens (tertiary/aromatic N) is 2. The molecular formula is C39H33N3O5S. The zero-order valence-electron chi connectivity index (χ0n) is 26.2. The van der Waals surface area contributed by atoms with E-state index in [9.17, 15) is 13.2 Å². The number of anilines is 1. The second kappa shape index (κ2) is 14.7. The summed E-state index contributed by atoms with van der Waals surface area (Å²) in [5.41, 5.74) is 5.52. The van der Waals surface area contributed by atoms with Crippen molar-refractivity contribution in [2.24, 2.45) is 5.10 Å². The second-order valence-electron chi connectivity index (χ2n) is 10.9. The van der Waals surface area contributed by atoms with Gasteiger partial charge in [-0.05, 0) is 88.1 Å². The fourth-order valence-corrected chi connectivity index (χ4v) is 6.73. The van der Waals surface area contributed by atoms with Gasteiger partial charge in [0, 0.05) is 0 Å². The maximum atomic E-state index is 14.0. The Morgan fingerprint density at radius 1 is 0.750 bits per heavy atom. The summed E-state index contributed by atoms with van der Waals surface area (Å²) < 4.78 is 40.5. The van der Waals surface area contributed by atoms with Crippen LogP contribution in [0.15, 0.2) is 156 Å². The Morgan fingerprint density at radius 3 is 2.19 bits per heavy atom. The third kappa shape index (κ3) is 7.37. The van der Waals surface area contributed by atoms with Crippen LogP contribution >= 0.6 is 0 Å². The fourth-order valence-electron chi connectivity index (χ4n) is 5.26. The molecule has 6 aromatic carbocycles. The normalized spacial score (nSPS) is 11.4. The van der Waals surface area contributed by atoms with Crippen LogP contribution in [0.4, 0.5) is 5.69 Å². The molecule has 6 aromatic rings. The van der Waals surface area contributed by atoms with E-state index < -0.39 is 15.9 Å². The highest BCUT2D eigenvalue weighted by molar-refractivity contribution is 7.92. The quantitative estimate of drug-likeness (QED) is 0.108. The van der Waals surface area contributed by atoms with Crippen LogP contribution in [0.5, 0.6) is 11.5 Å². The van der Waals surface area contributed by atoms with E-state index in [1.54, 1.807) is 36.4 Å². The number of methoxy groups -OCH3 is 1. The predicted molar refractivity (Wildman–Crippen MR) is 189 cm³/mol. The maximum absolute atomic E-state index is 14.0. The van der Waals surface area contributed by atoms with Gasteiger partial charge < -0.3 is 9.47 Å². The Morgan fingerprint density at radius 2 is 1.42 bits per heavy atom. The SMILES string of the molecule is COc1ccc(S(=O)(=O)N(Cc2ccccc2)c2ccccc2C(=O)N/N=C/c2ccc(OCc3cccc4ccccc34)cc2)cc1. The van der Waals surface area contributed by atoms with E-state index in [1.165, 1.54) is 29.8 Å². The maximum Gasteiger partial charge on any atom is 0.273 e. The lowest BCUT2D eigenvalue weighted by molar-refractivity contribution is 0.0955. The minimum absolute atomic E-state index is 0.0116. The Balaban J connectivity index is 1.17. The molecule has 48 heavy (non-hydrogen) atoms. The third-order valence-electron chi connectivity index (χ3n) is 7.77. The standard InChI is InChI=1S/C39H33N3O5S/c1-46-33-22-24-35(25-23-33)48(44,45)42(27-30-10-3-2-4-11-30)38-17-8-7-16-37(38)39(43)41-40-26-29-18-20-34(21-19-29)47-28-32-14-9-13-31-12-5-6-15-36(31)32/h2-26H,27-28H2,1H3,(H,41,43)/b40-26+. The van der Waals surface area contributed by atoms with Crippen molar-refractivity contribution in [2.75, 3.05) is 11.4 Å². The summed E-state index contributed by atoms with van der Waals surface area (Å²) >= 11 is 0. The molecule has 0 aliphatic heterocycles. The molecule has 0 saturated carbocycles. The molecule has 1 N–H and O–H groups in total. The summed E-state index contributed by atoms with van der Waals surface area (Å²) in [5.74, 6) is 0.679. The van der Waals surface area contributed by atoms with Crippen LogP contribution in [-0.2, 0) is 23.2 Å². The molecule has 0 aliphatic carbocycles. The number of para-hydroxylation sites is 1. The highest BCUT2D eigenvalue weighted by Gasteiger charge is 2.28. The van der Waals surface area contributed by atoms with Crippen LogP contribution in [0.3, 0.4) is 0 Å². The van der Waals surface area contributed by atoms with Crippen LogP contribution in [0.25, 0.3) is 10.8 Å². The lowest BCUT2D eigenvalue weighted by atomic mass is 10.1. The first-order chi connectivity index (χ1) is 23.4. The number of hydrazone groups is 1. The van der Waals surface area contributed by atoms with Crippen molar-refractivity contribution in [3.05, 3.63) is 168 Å². The van der Waals surface area contributed by atoms with Gasteiger partial charge >= 0.3 is 0 Å². The molecule has 0 aromatic heterocycles. The minimum Gasteiger partial charge on any atom is -0.497 e. The number of ether oxygens (including phenoxy) is 2. The average molecular weight is 656 g/mol. The van der Waals surface area contributed by atoms with Crippen molar-refractivity contribution in [3.8, 4) is 11.5 Å². The van der Waals surface area contributed by atoms with Crippen LogP contribution in [0.1, 0.15) is 27.0 Å². The Kier molecular flexibility index (Phi) is 9.78. The smallest absolute Gasteiger partial charge is 0.273 e. The molecular weight excluding hydrogens is 623 g/mol. The molecule has 0 aliphatic rings. The van der Waals surface area contributed by atoms with Gasteiger partial charge in [0.05, 0.1) is 36.0 Å². The highest BCUT2D eigenvalue weighted by atomic mass is 32.2. The van der Waals surface area contributed by atoms with E-state index in [0.29, 0.717) is 18.1 Å².